The van der Waals surface area contributed by atoms with Crippen molar-refractivity contribution < 1.29 is 13.3 Å². The average Bonchev–Trinajstić information content (AvgIpc) is 4.20. The summed E-state index contributed by atoms with van der Waals surface area (Å²) in [6.45, 7) is 0. The number of hydrogen-bond donors (Lipinski definition) is 0. The predicted molar refractivity (Wildman–Crippen MR) is 285 cm³/mol. The van der Waals surface area contributed by atoms with Crippen molar-refractivity contribution in [2.75, 3.05) is 0 Å². The molecule has 6 heteroatoms. The van der Waals surface area contributed by atoms with Crippen molar-refractivity contribution in [2.45, 2.75) is 0 Å². The minimum Gasteiger partial charge on any atom is -0.456 e. The maximum atomic E-state index is 6.97. The minimum absolute atomic E-state index is 0.610. The second kappa shape index (κ2) is 15.0. The van der Waals surface area contributed by atoms with Gasteiger partial charge in [-0.05, 0) is 83.9 Å². The molecule has 15 aromatic rings. The molecule has 5 heterocycles. The summed E-state index contributed by atoms with van der Waals surface area (Å²) in [6.07, 6.45) is 0. The summed E-state index contributed by atoms with van der Waals surface area (Å²) in [5, 5.41) is 8.65. The van der Waals surface area contributed by atoms with Crippen LogP contribution in [0.25, 0.3) is 149 Å². The fourth-order valence-electron chi connectivity index (χ4n) is 10.9. The molecule has 70 heavy (non-hydrogen) atoms. The molecule has 0 fully saturated rings. The first-order chi connectivity index (χ1) is 34.7. The van der Waals surface area contributed by atoms with E-state index in [1.54, 1.807) is 0 Å². The number of furan rings is 3. The monoisotopic (exact) mass is 895 g/mol. The summed E-state index contributed by atoms with van der Waals surface area (Å²) in [7, 11) is 0. The second-order valence-corrected chi connectivity index (χ2v) is 18.0. The third-order valence-corrected chi connectivity index (χ3v) is 14.0. The zero-order chi connectivity index (χ0) is 45.9. The second-order valence-electron chi connectivity index (χ2n) is 18.0. The molecule has 0 aliphatic rings. The van der Waals surface area contributed by atoms with Gasteiger partial charge in [-0.15, -0.1) is 0 Å². The molecule has 10 aromatic carbocycles. The van der Waals surface area contributed by atoms with Gasteiger partial charge in [-0.2, -0.15) is 0 Å². The zero-order valence-corrected chi connectivity index (χ0v) is 37.4. The highest BCUT2D eigenvalue weighted by Gasteiger charge is 2.23. The Bertz CT molecular complexity index is 4590. The van der Waals surface area contributed by atoms with Gasteiger partial charge in [0.2, 0.25) is 0 Å². The molecule has 0 bridgehead atoms. The van der Waals surface area contributed by atoms with E-state index in [2.05, 4.69) is 174 Å². The van der Waals surface area contributed by atoms with Crippen LogP contribution in [0.3, 0.4) is 0 Å². The summed E-state index contributed by atoms with van der Waals surface area (Å²) in [6, 6.07) is 78.3. The quantitative estimate of drug-likeness (QED) is 0.166. The number of hydrogen-bond acceptors (Lipinski definition) is 5. The molecule has 0 amide bonds. The Morgan fingerprint density at radius 3 is 1.81 bits per heavy atom. The summed E-state index contributed by atoms with van der Waals surface area (Å²) in [5.74, 6) is 0.610. The Kier molecular flexibility index (Phi) is 8.26. The maximum absolute atomic E-state index is 6.97. The molecule has 6 nitrogen and oxygen atoms in total. The molecule has 0 radical (unpaired) electrons. The van der Waals surface area contributed by atoms with Crippen LogP contribution >= 0.6 is 0 Å². The molecule has 0 aliphatic heterocycles. The smallest absolute Gasteiger partial charge is 0.160 e. The molecule has 0 saturated heterocycles. The Labute approximate surface area is 399 Å². The molecule has 0 aliphatic carbocycles. The molecule has 0 saturated carbocycles. The number of para-hydroxylation sites is 5. The highest BCUT2D eigenvalue weighted by molar-refractivity contribution is 6.21. The Morgan fingerprint density at radius 2 is 0.943 bits per heavy atom. The molecular formula is C64H37N3O3. The van der Waals surface area contributed by atoms with Gasteiger partial charge in [0, 0.05) is 76.6 Å². The van der Waals surface area contributed by atoms with Crippen molar-refractivity contribution in [1.82, 2.24) is 14.5 Å². The molecule has 0 spiro atoms. The van der Waals surface area contributed by atoms with Crippen LogP contribution in [0.15, 0.2) is 238 Å². The van der Waals surface area contributed by atoms with Gasteiger partial charge in [-0.25, -0.2) is 9.97 Å². The van der Waals surface area contributed by atoms with E-state index >= 15 is 0 Å². The fraction of sp³-hybridized carbons (Fsp3) is 0. The number of fused-ring (bicyclic) bond motifs is 12. The first-order valence-corrected chi connectivity index (χ1v) is 23.5. The van der Waals surface area contributed by atoms with Gasteiger partial charge < -0.3 is 17.8 Å². The lowest BCUT2D eigenvalue weighted by molar-refractivity contribution is 0.668. The van der Waals surface area contributed by atoms with Crippen LogP contribution in [0.4, 0.5) is 0 Å². The van der Waals surface area contributed by atoms with Crippen LogP contribution in [0, 0.1) is 0 Å². The molecule has 0 N–H and O–H groups in total. The fourth-order valence-corrected chi connectivity index (χ4v) is 10.9. The van der Waals surface area contributed by atoms with E-state index in [1.807, 2.05) is 54.6 Å². The van der Waals surface area contributed by atoms with Crippen molar-refractivity contribution in [3.63, 3.8) is 0 Å². The van der Waals surface area contributed by atoms with Gasteiger partial charge >= 0.3 is 0 Å². The van der Waals surface area contributed by atoms with E-state index in [4.69, 9.17) is 23.2 Å². The van der Waals surface area contributed by atoms with E-state index < -0.39 is 0 Å². The standard InChI is InChI=1S/C64H37N3O3/c1-3-15-38(16-4-1)52-37-53(66-64(65-52)40-29-31-45-44-20-8-11-26-55(44)69-59(45)36-40)49-24-14-28-58-60(49)51-35-39(30-34-57(51)68-58)42-32-33-48(63-61(42)50-21-9-12-27-56(50)70-63)47-23-13-22-46-43-19-7-10-25-54(43)67(62(46)47)41-17-5-2-6-18-41/h1-37H. The van der Waals surface area contributed by atoms with E-state index in [0.717, 1.165) is 133 Å². The van der Waals surface area contributed by atoms with Crippen LogP contribution in [0.1, 0.15) is 0 Å². The van der Waals surface area contributed by atoms with E-state index in [-0.39, 0.29) is 0 Å². The Morgan fingerprint density at radius 1 is 0.314 bits per heavy atom. The van der Waals surface area contributed by atoms with Gasteiger partial charge in [0.05, 0.1) is 22.4 Å². The number of rotatable bonds is 6. The van der Waals surface area contributed by atoms with Crippen LogP contribution in [0.2, 0.25) is 0 Å². The molecule has 326 valence electrons. The maximum Gasteiger partial charge on any atom is 0.160 e. The molecule has 0 atom stereocenters. The van der Waals surface area contributed by atoms with Gasteiger partial charge in [0.25, 0.3) is 0 Å². The summed E-state index contributed by atoms with van der Waals surface area (Å²) in [4.78, 5) is 10.5. The zero-order valence-electron chi connectivity index (χ0n) is 37.4. The van der Waals surface area contributed by atoms with Crippen molar-refractivity contribution in [3.05, 3.63) is 224 Å². The molecule has 15 rings (SSSR count). The van der Waals surface area contributed by atoms with E-state index in [9.17, 15) is 0 Å². The SMILES string of the molecule is c1ccc(-c2cc(-c3cccc4oc5ccc(-c6ccc(-c7cccc8c9ccccc9n(-c9ccccc9)c78)c7oc8ccccc8c67)cc5c34)nc(-c3ccc4c(c3)oc3ccccc34)n2)cc1. The lowest BCUT2D eigenvalue weighted by atomic mass is 9.92. The summed E-state index contributed by atoms with van der Waals surface area (Å²) < 4.78 is 22.4. The van der Waals surface area contributed by atoms with Crippen LogP contribution in [-0.4, -0.2) is 14.5 Å². The minimum atomic E-state index is 0.610. The van der Waals surface area contributed by atoms with Crippen molar-refractivity contribution in [2.24, 2.45) is 0 Å². The number of aromatic nitrogens is 3. The third-order valence-electron chi connectivity index (χ3n) is 14.0. The predicted octanol–water partition coefficient (Wildman–Crippen LogP) is 17.6. The molecular weight excluding hydrogens is 859 g/mol. The first kappa shape index (κ1) is 38.6. The lowest BCUT2D eigenvalue weighted by Crippen LogP contribution is -1.96. The first-order valence-electron chi connectivity index (χ1n) is 23.5. The van der Waals surface area contributed by atoms with Gasteiger partial charge in [0.15, 0.2) is 5.82 Å². The van der Waals surface area contributed by atoms with Gasteiger partial charge in [-0.3, -0.25) is 0 Å². The van der Waals surface area contributed by atoms with E-state index in [0.29, 0.717) is 5.82 Å². The largest absolute Gasteiger partial charge is 0.456 e. The normalized spacial score (nSPS) is 12.0. The Hall–Kier alpha value is -9.52. The van der Waals surface area contributed by atoms with E-state index in [1.165, 1.54) is 10.8 Å². The van der Waals surface area contributed by atoms with Crippen LogP contribution in [0.5, 0.6) is 0 Å². The number of nitrogens with zero attached hydrogens (tertiary/aromatic N) is 3. The average molecular weight is 896 g/mol. The summed E-state index contributed by atoms with van der Waals surface area (Å²) in [5.41, 5.74) is 17.0. The molecule has 0 unspecified atom stereocenters. The highest BCUT2D eigenvalue weighted by Crippen LogP contribution is 2.47. The topological polar surface area (TPSA) is 70.1 Å². The van der Waals surface area contributed by atoms with Crippen molar-refractivity contribution in [1.29, 1.82) is 0 Å². The van der Waals surface area contributed by atoms with Gasteiger partial charge in [0.1, 0.15) is 33.5 Å². The molecule has 5 aromatic heterocycles. The summed E-state index contributed by atoms with van der Waals surface area (Å²) >= 11 is 0. The van der Waals surface area contributed by atoms with Crippen molar-refractivity contribution in [3.8, 4) is 61.8 Å². The van der Waals surface area contributed by atoms with Crippen LogP contribution < -0.4 is 0 Å². The Balaban J connectivity index is 0.932. The highest BCUT2D eigenvalue weighted by atomic mass is 16.3. The number of benzene rings is 10. The van der Waals surface area contributed by atoms with Crippen molar-refractivity contribution >= 4 is 87.6 Å². The van der Waals surface area contributed by atoms with Crippen LogP contribution in [-0.2, 0) is 0 Å². The third kappa shape index (κ3) is 5.80. The van der Waals surface area contributed by atoms with Gasteiger partial charge in [-0.1, -0.05) is 152 Å². The lowest BCUT2D eigenvalue weighted by Gasteiger charge is -2.13.